The highest BCUT2D eigenvalue weighted by atomic mass is 16.5. The van der Waals surface area contributed by atoms with Crippen LogP contribution in [0.4, 0.5) is 0 Å². The molecule has 0 saturated carbocycles. The zero-order valence-electron chi connectivity index (χ0n) is 9.32. The molecule has 0 saturated heterocycles. The summed E-state index contributed by atoms with van der Waals surface area (Å²) < 4.78 is 10.0. The molecule has 14 heavy (non-hydrogen) atoms. The zero-order chi connectivity index (χ0) is 10.8. The minimum atomic E-state index is 0.269. The van der Waals surface area contributed by atoms with Crippen LogP contribution in [0.1, 0.15) is 13.3 Å². The smallest absolute Gasteiger partial charge is 0.0638 e. The Hall–Kier alpha value is -0.630. The third-order valence-electron chi connectivity index (χ3n) is 2.18. The Morgan fingerprint density at radius 3 is 2.07 bits per heavy atom. The fourth-order valence-electron chi connectivity index (χ4n) is 1.23. The minimum absolute atomic E-state index is 0.269. The molecule has 0 aromatic rings. The van der Waals surface area contributed by atoms with Crippen LogP contribution < -0.4 is 0 Å². The van der Waals surface area contributed by atoms with Gasteiger partial charge in [-0.2, -0.15) is 5.26 Å². The maximum absolute atomic E-state index is 8.60. The molecular weight excluding hydrogens is 180 g/mol. The van der Waals surface area contributed by atoms with Gasteiger partial charge in [-0.25, -0.2) is 0 Å². The van der Waals surface area contributed by atoms with Gasteiger partial charge in [0, 0.05) is 33.4 Å². The predicted molar refractivity (Wildman–Crippen MR) is 55.0 cm³/mol. The van der Waals surface area contributed by atoms with E-state index in [-0.39, 0.29) is 6.04 Å². The van der Waals surface area contributed by atoms with Crippen LogP contribution in [0.15, 0.2) is 0 Å². The third-order valence-corrected chi connectivity index (χ3v) is 2.18. The van der Waals surface area contributed by atoms with Gasteiger partial charge in [0.25, 0.3) is 0 Å². The maximum atomic E-state index is 8.60. The summed E-state index contributed by atoms with van der Waals surface area (Å²) in [6, 6.07) is 2.45. The summed E-state index contributed by atoms with van der Waals surface area (Å²) in [4.78, 5) is 2.20. The molecule has 0 aromatic carbocycles. The maximum Gasteiger partial charge on any atom is 0.0638 e. The normalized spacial score (nSPS) is 12.8. The predicted octanol–water partition coefficient (Wildman–Crippen LogP) is 0.883. The van der Waals surface area contributed by atoms with Crippen molar-refractivity contribution in [1.29, 1.82) is 5.26 Å². The van der Waals surface area contributed by atoms with E-state index in [9.17, 15) is 0 Å². The lowest BCUT2D eigenvalue weighted by atomic mass is 10.2. The van der Waals surface area contributed by atoms with E-state index in [0.29, 0.717) is 19.6 Å². The topological polar surface area (TPSA) is 45.5 Å². The fraction of sp³-hybridized carbons (Fsp3) is 0.900. The second-order valence-corrected chi connectivity index (χ2v) is 3.23. The second-order valence-electron chi connectivity index (χ2n) is 3.23. The number of hydrogen-bond acceptors (Lipinski definition) is 4. The summed E-state index contributed by atoms with van der Waals surface area (Å²) in [5, 5.41) is 8.60. The molecule has 0 aliphatic rings. The summed E-state index contributed by atoms with van der Waals surface area (Å²) in [6.45, 7) is 5.14. The van der Waals surface area contributed by atoms with Gasteiger partial charge < -0.3 is 9.47 Å². The molecule has 0 aliphatic heterocycles. The Labute approximate surface area is 86.4 Å². The molecule has 0 heterocycles. The number of methoxy groups -OCH3 is 2. The lowest BCUT2D eigenvalue weighted by molar-refractivity contribution is 0.0931. The molecule has 0 radical (unpaired) electrons. The van der Waals surface area contributed by atoms with Crippen molar-refractivity contribution in [3.8, 4) is 6.07 Å². The van der Waals surface area contributed by atoms with Crippen LogP contribution in [0, 0.1) is 11.3 Å². The Bertz CT molecular complexity index is 160. The fourth-order valence-corrected chi connectivity index (χ4v) is 1.23. The van der Waals surface area contributed by atoms with Crippen LogP contribution in [0.5, 0.6) is 0 Å². The van der Waals surface area contributed by atoms with Crippen molar-refractivity contribution < 1.29 is 9.47 Å². The van der Waals surface area contributed by atoms with E-state index in [1.165, 1.54) is 0 Å². The first-order chi connectivity index (χ1) is 6.76. The van der Waals surface area contributed by atoms with E-state index in [2.05, 4.69) is 17.9 Å². The number of ether oxygens (including phenoxy) is 2. The quantitative estimate of drug-likeness (QED) is 0.583. The molecule has 0 fully saturated rings. The van der Waals surface area contributed by atoms with Crippen molar-refractivity contribution in [2.24, 2.45) is 0 Å². The largest absolute Gasteiger partial charge is 0.383 e. The molecule has 0 rings (SSSR count). The first-order valence-electron chi connectivity index (χ1n) is 4.85. The molecule has 0 N–H and O–H groups in total. The van der Waals surface area contributed by atoms with Crippen LogP contribution in [-0.2, 0) is 9.47 Å². The molecule has 0 bridgehead atoms. The van der Waals surface area contributed by atoms with E-state index in [1.54, 1.807) is 14.2 Å². The molecule has 1 unspecified atom stereocenters. The van der Waals surface area contributed by atoms with Crippen LogP contribution in [0.3, 0.4) is 0 Å². The summed E-state index contributed by atoms with van der Waals surface area (Å²) in [7, 11) is 3.37. The summed E-state index contributed by atoms with van der Waals surface area (Å²) in [5.41, 5.74) is 0. The van der Waals surface area contributed by atoms with Crippen LogP contribution in [0.2, 0.25) is 0 Å². The van der Waals surface area contributed by atoms with Crippen molar-refractivity contribution >= 4 is 0 Å². The summed E-state index contributed by atoms with van der Waals surface area (Å²) in [6.07, 6.45) is 0.549. The first kappa shape index (κ1) is 13.4. The molecule has 0 aromatic heterocycles. The molecular formula is C10H20N2O2. The molecule has 0 spiro atoms. The third kappa shape index (κ3) is 5.92. The summed E-state index contributed by atoms with van der Waals surface area (Å²) >= 11 is 0. The van der Waals surface area contributed by atoms with Crippen molar-refractivity contribution in [1.82, 2.24) is 4.90 Å². The molecule has 1 atom stereocenters. The molecule has 4 nitrogen and oxygen atoms in total. The van der Waals surface area contributed by atoms with E-state index < -0.39 is 0 Å². The molecule has 4 heteroatoms. The lowest BCUT2D eigenvalue weighted by Gasteiger charge is -2.26. The standard InChI is InChI=1S/C10H20N2O2/c1-10(4-5-11)12(6-8-13-2)7-9-14-3/h10H,4,6-9H2,1-3H3. The minimum Gasteiger partial charge on any atom is -0.383 e. The van der Waals surface area contributed by atoms with Crippen LogP contribution in [0.25, 0.3) is 0 Å². The van der Waals surface area contributed by atoms with Gasteiger partial charge in [0.2, 0.25) is 0 Å². The average Bonchev–Trinajstić information content (AvgIpc) is 2.18. The van der Waals surface area contributed by atoms with E-state index in [4.69, 9.17) is 14.7 Å². The van der Waals surface area contributed by atoms with Gasteiger partial charge in [-0.3, -0.25) is 4.90 Å². The lowest BCUT2D eigenvalue weighted by Crippen LogP contribution is -2.37. The van der Waals surface area contributed by atoms with Gasteiger partial charge in [0.1, 0.15) is 0 Å². The van der Waals surface area contributed by atoms with Crippen molar-refractivity contribution in [2.45, 2.75) is 19.4 Å². The number of nitrogens with zero attached hydrogens (tertiary/aromatic N) is 2. The van der Waals surface area contributed by atoms with Gasteiger partial charge in [-0.1, -0.05) is 0 Å². The van der Waals surface area contributed by atoms with Gasteiger partial charge >= 0.3 is 0 Å². The highest BCUT2D eigenvalue weighted by Crippen LogP contribution is 2.02. The second kappa shape index (κ2) is 8.95. The highest BCUT2D eigenvalue weighted by molar-refractivity contribution is 4.79. The van der Waals surface area contributed by atoms with Crippen LogP contribution >= 0.6 is 0 Å². The zero-order valence-corrected chi connectivity index (χ0v) is 9.32. The number of hydrogen-bond donors (Lipinski definition) is 0. The van der Waals surface area contributed by atoms with E-state index in [0.717, 1.165) is 13.1 Å². The molecule has 82 valence electrons. The van der Waals surface area contributed by atoms with Crippen molar-refractivity contribution in [3.63, 3.8) is 0 Å². The average molecular weight is 200 g/mol. The van der Waals surface area contributed by atoms with Gasteiger partial charge in [0.05, 0.1) is 25.7 Å². The Balaban J connectivity index is 3.88. The SMILES string of the molecule is COCCN(CCOC)C(C)CC#N. The summed E-state index contributed by atoms with van der Waals surface area (Å²) in [5.74, 6) is 0. The van der Waals surface area contributed by atoms with E-state index in [1.807, 2.05) is 0 Å². The molecule has 0 amide bonds. The Kier molecular flexibility index (Phi) is 8.54. The van der Waals surface area contributed by atoms with Crippen molar-refractivity contribution in [3.05, 3.63) is 0 Å². The first-order valence-corrected chi connectivity index (χ1v) is 4.85. The van der Waals surface area contributed by atoms with Crippen molar-refractivity contribution in [2.75, 3.05) is 40.5 Å². The molecule has 0 aliphatic carbocycles. The van der Waals surface area contributed by atoms with Gasteiger partial charge in [-0.05, 0) is 6.92 Å². The van der Waals surface area contributed by atoms with Crippen LogP contribution in [-0.4, -0.2) is 51.5 Å². The Morgan fingerprint density at radius 2 is 1.71 bits per heavy atom. The Morgan fingerprint density at radius 1 is 1.21 bits per heavy atom. The van der Waals surface area contributed by atoms with Gasteiger partial charge in [0.15, 0.2) is 0 Å². The number of rotatable bonds is 8. The number of nitriles is 1. The monoisotopic (exact) mass is 200 g/mol. The van der Waals surface area contributed by atoms with Gasteiger partial charge in [-0.15, -0.1) is 0 Å². The van der Waals surface area contributed by atoms with E-state index >= 15 is 0 Å². The highest BCUT2D eigenvalue weighted by Gasteiger charge is 2.12.